The molecule has 1 amide bonds. The lowest BCUT2D eigenvalue weighted by atomic mass is 9.93. The van der Waals surface area contributed by atoms with E-state index in [1.54, 1.807) is 6.92 Å². The van der Waals surface area contributed by atoms with Crippen LogP contribution in [0.3, 0.4) is 0 Å². The molecule has 0 fully saturated rings. The molecule has 1 unspecified atom stereocenters. The van der Waals surface area contributed by atoms with Crippen molar-refractivity contribution < 1.29 is 14.6 Å². The van der Waals surface area contributed by atoms with Gasteiger partial charge in [0.25, 0.3) is 0 Å². The van der Waals surface area contributed by atoms with Gasteiger partial charge in [-0.2, -0.15) is 0 Å². The molecule has 4 heteroatoms. The van der Waals surface area contributed by atoms with Gasteiger partial charge in [-0.05, 0) is 24.8 Å². The molecular formula is C16H25NO3. The molecule has 0 saturated heterocycles. The van der Waals surface area contributed by atoms with Crippen molar-refractivity contribution in [1.29, 1.82) is 0 Å². The molecule has 0 heterocycles. The summed E-state index contributed by atoms with van der Waals surface area (Å²) in [5.74, 6) is -0.110. The van der Waals surface area contributed by atoms with Gasteiger partial charge in [-0.25, -0.2) is 0 Å². The van der Waals surface area contributed by atoms with Gasteiger partial charge in [0.15, 0.2) is 0 Å². The third-order valence-corrected chi connectivity index (χ3v) is 3.50. The highest BCUT2D eigenvalue weighted by Crippen LogP contribution is 2.14. The van der Waals surface area contributed by atoms with Crippen molar-refractivity contribution in [2.45, 2.75) is 32.8 Å². The van der Waals surface area contributed by atoms with Crippen LogP contribution in [0.1, 0.15) is 26.3 Å². The third-order valence-electron chi connectivity index (χ3n) is 3.50. The zero-order valence-corrected chi connectivity index (χ0v) is 12.6. The molecule has 112 valence electrons. The van der Waals surface area contributed by atoms with Gasteiger partial charge in [0.05, 0.1) is 12.2 Å². The van der Waals surface area contributed by atoms with Crippen molar-refractivity contribution in [2.75, 3.05) is 19.8 Å². The first kappa shape index (κ1) is 16.7. The normalized spacial score (nSPS) is 14.1. The minimum atomic E-state index is -0.889. The molecule has 1 rings (SSSR count). The second-order valence-corrected chi connectivity index (χ2v) is 5.58. The van der Waals surface area contributed by atoms with Gasteiger partial charge in [-0.15, -0.1) is 0 Å². The maximum atomic E-state index is 11.6. The maximum Gasteiger partial charge on any atom is 0.246 e. The lowest BCUT2D eigenvalue weighted by molar-refractivity contribution is -0.127. The number of hydrogen-bond acceptors (Lipinski definition) is 3. The second kappa shape index (κ2) is 8.02. The Hall–Kier alpha value is -1.39. The number of amides is 1. The van der Waals surface area contributed by atoms with Gasteiger partial charge in [-0.3, -0.25) is 4.79 Å². The van der Waals surface area contributed by atoms with Gasteiger partial charge in [0, 0.05) is 6.54 Å². The van der Waals surface area contributed by atoms with Crippen molar-refractivity contribution in [3.05, 3.63) is 35.9 Å². The van der Waals surface area contributed by atoms with Crippen LogP contribution in [0.4, 0.5) is 0 Å². The third kappa shape index (κ3) is 6.17. The molecular weight excluding hydrogens is 254 g/mol. The van der Waals surface area contributed by atoms with E-state index < -0.39 is 5.60 Å². The molecule has 1 aromatic rings. The average Bonchev–Trinajstić information content (AvgIpc) is 2.42. The molecule has 0 spiro atoms. The Labute approximate surface area is 121 Å². The standard InChI is InChI=1S/C16H25NO3/c1-13(2)16(3,19)12-17-15(18)11-20-10-9-14-7-5-4-6-8-14/h4-8,13,19H,9-12H2,1-3H3,(H,17,18). The highest BCUT2D eigenvalue weighted by atomic mass is 16.5. The van der Waals surface area contributed by atoms with Crippen LogP contribution in [0.2, 0.25) is 0 Å². The van der Waals surface area contributed by atoms with Crippen LogP contribution in [0.15, 0.2) is 30.3 Å². The van der Waals surface area contributed by atoms with Crippen molar-refractivity contribution >= 4 is 5.91 Å². The van der Waals surface area contributed by atoms with Crippen molar-refractivity contribution in [2.24, 2.45) is 5.92 Å². The van der Waals surface area contributed by atoms with E-state index in [-0.39, 0.29) is 25.0 Å². The lowest BCUT2D eigenvalue weighted by Crippen LogP contribution is -2.45. The fourth-order valence-electron chi connectivity index (χ4n) is 1.53. The van der Waals surface area contributed by atoms with Crippen LogP contribution >= 0.6 is 0 Å². The van der Waals surface area contributed by atoms with Crippen LogP contribution in [0.25, 0.3) is 0 Å². The molecule has 0 aliphatic carbocycles. The number of hydrogen-bond donors (Lipinski definition) is 2. The van der Waals surface area contributed by atoms with E-state index >= 15 is 0 Å². The van der Waals surface area contributed by atoms with E-state index in [0.717, 1.165) is 6.42 Å². The minimum Gasteiger partial charge on any atom is -0.388 e. The summed E-state index contributed by atoms with van der Waals surface area (Å²) in [7, 11) is 0. The summed E-state index contributed by atoms with van der Waals surface area (Å²) in [5, 5.41) is 12.7. The summed E-state index contributed by atoms with van der Waals surface area (Å²) in [5.41, 5.74) is 0.301. The molecule has 0 aliphatic rings. The predicted molar refractivity (Wildman–Crippen MR) is 79.4 cm³/mol. The Bertz CT molecular complexity index is 401. The topological polar surface area (TPSA) is 58.6 Å². The Morgan fingerprint density at radius 3 is 2.60 bits per heavy atom. The number of aliphatic hydroxyl groups is 1. The van der Waals surface area contributed by atoms with E-state index in [0.29, 0.717) is 6.61 Å². The van der Waals surface area contributed by atoms with Gasteiger partial charge in [0.1, 0.15) is 6.61 Å². The molecule has 0 aromatic heterocycles. The molecule has 1 aromatic carbocycles. The second-order valence-electron chi connectivity index (χ2n) is 5.58. The number of carbonyl (C=O) groups excluding carboxylic acids is 1. The highest BCUT2D eigenvalue weighted by Gasteiger charge is 2.25. The monoisotopic (exact) mass is 279 g/mol. The van der Waals surface area contributed by atoms with Gasteiger partial charge in [-0.1, -0.05) is 44.2 Å². The van der Waals surface area contributed by atoms with Crippen LogP contribution in [0, 0.1) is 5.92 Å². The molecule has 0 radical (unpaired) electrons. The molecule has 0 saturated carbocycles. The first-order valence-corrected chi connectivity index (χ1v) is 7.02. The Morgan fingerprint density at radius 2 is 2.00 bits per heavy atom. The van der Waals surface area contributed by atoms with Gasteiger partial charge >= 0.3 is 0 Å². The summed E-state index contributed by atoms with van der Waals surface area (Å²) >= 11 is 0. The van der Waals surface area contributed by atoms with E-state index in [2.05, 4.69) is 5.32 Å². The summed E-state index contributed by atoms with van der Waals surface area (Å²) < 4.78 is 5.33. The summed E-state index contributed by atoms with van der Waals surface area (Å²) in [4.78, 5) is 11.6. The largest absolute Gasteiger partial charge is 0.388 e. The fourth-order valence-corrected chi connectivity index (χ4v) is 1.53. The van der Waals surface area contributed by atoms with Crippen LogP contribution < -0.4 is 5.32 Å². The van der Waals surface area contributed by atoms with Crippen molar-refractivity contribution in [1.82, 2.24) is 5.32 Å². The summed E-state index contributed by atoms with van der Waals surface area (Å²) in [6, 6.07) is 10.00. The fraction of sp³-hybridized carbons (Fsp3) is 0.562. The molecule has 2 N–H and O–H groups in total. The Kier molecular flexibility index (Phi) is 6.68. The number of benzene rings is 1. The first-order chi connectivity index (χ1) is 9.42. The lowest BCUT2D eigenvalue weighted by Gasteiger charge is -2.27. The van der Waals surface area contributed by atoms with Crippen molar-refractivity contribution in [3.8, 4) is 0 Å². The number of nitrogens with one attached hydrogen (secondary N) is 1. The predicted octanol–water partition coefficient (Wildman–Crippen LogP) is 1.77. The quantitative estimate of drug-likeness (QED) is 0.713. The first-order valence-electron chi connectivity index (χ1n) is 7.02. The minimum absolute atomic E-state index is 0.0288. The van der Waals surface area contributed by atoms with Crippen molar-refractivity contribution in [3.63, 3.8) is 0 Å². The summed E-state index contributed by atoms with van der Waals surface area (Å²) in [6.45, 7) is 6.34. The van der Waals surface area contributed by atoms with E-state index in [1.165, 1.54) is 5.56 Å². The Morgan fingerprint density at radius 1 is 1.35 bits per heavy atom. The smallest absolute Gasteiger partial charge is 0.246 e. The number of ether oxygens (including phenoxy) is 1. The van der Waals surface area contributed by atoms with Gasteiger partial charge in [0.2, 0.25) is 5.91 Å². The Balaban J connectivity index is 2.15. The molecule has 20 heavy (non-hydrogen) atoms. The SMILES string of the molecule is CC(C)C(C)(O)CNC(=O)COCCc1ccccc1. The van der Waals surface area contributed by atoms with E-state index in [1.807, 2.05) is 44.2 Å². The van der Waals surface area contributed by atoms with Crippen LogP contribution in [-0.4, -0.2) is 36.4 Å². The molecule has 1 atom stereocenters. The number of carbonyl (C=O) groups is 1. The highest BCUT2D eigenvalue weighted by molar-refractivity contribution is 5.77. The number of rotatable bonds is 8. The van der Waals surface area contributed by atoms with E-state index in [4.69, 9.17) is 4.74 Å². The van der Waals surface area contributed by atoms with Crippen LogP contribution in [0.5, 0.6) is 0 Å². The average molecular weight is 279 g/mol. The zero-order valence-electron chi connectivity index (χ0n) is 12.6. The van der Waals surface area contributed by atoms with E-state index in [9.17, 15) is 9.90 Å². The maximum absolute atomic E-state index is 11.6. The molecule has 0 aliphatic heterocycles. The summed E-state index contributed by atoms with van der Waals surface area (Å²) in [6.07, 6.45) is 0.790. The molecule has 4 nitrogen and oxygen atoms in total. The molecule has 0 bridgehead atoms. The van der Waals surface area contributed by atoms with Gasteiger partial charge < -0.3 is 15.2 Å². The zero-order chi connectivity index (χ0) is 15.0. The van der Waals surface area contributed by atoms with Crippen LogP contribution in [-0.2, 0) is 16.0 Å².